The van der Waals surface area contributed by atoms with E-state index >= 15 is 0 Å². The van der Waals surface area contributed by atoms with Gasteiger partial charge in [-0.2, -0.15) is 0 Å². The maximum Gasteiger partial charge on any atom is 0.336 e. The van der Waals surface area contributed by atoms with Gasteiger partial charge >= 0.3 is 5.63 Å². The fraction of sp³-hybridized carbons (Fsp3) is 0.190. The van der Waals surface area contributed by atoms with Crippen LogP contribution in [-0.4, -0.2) is 10.2 Å². The molecule has 2 heterocycles. The minimum atomic E-state index is -0.358. The van der Waals surface area contributed by atoms with Crippen LogP contribution in [0, 0.1) is 0 Å². The summed E-state index contributed by atoms with van der Waals surface area (Å²) in [4.78, 5) is 11.8. The zero-order chi connectivity index (χ0) is 19.5. The minimum Gasteiger partial charge on any atom is -0.484 e. The van der Waals surface area contributed by atoms with Gasteiger partial charge in [0, 0.05) is 22.0 Å². The normalized spacial score (nSPS) is 11.1. The van der Waals surface area contributed by atoms with Crippen molar-refractivity contribution < 1.29 is 13.6 Å². The molecule has 0 amide bonds. The third kappa shape index (κ3) is 3.84. The molecule has 2 aromatic carbocycles. The summed E-state index contributed by atoms with van der Waals surface area (Å²) < 4.78 is 17.6. The lowest BCUT2D eigenvalue weighted by Gasteiger charge is -2.07. The second-order valence-electron chi connectivity index (χ2n) is 6.27. The Balaban J connectivity index is 1.53. The fourth-order valence-corrected chi connectivity index (χ4v) is 3.43. The van der Waals surface area contributed by atoms with Crippen molar-refractivity contribution in [3.05, 3.63) is 74.9 Å². The van der Waals surface area contributed by atoms with Gasteiger partial charge in [0.05, 0.1) is 5.56 Å². The summed E-state index contributed by atoms with van der Waals surface area (Å²) in [6, 6.07) is 14.6. The standard InChI is InChI=1S/C21H17BrN2O4/c1-2-5-13-10-20(25)27-18-11-14(8-9-15(13)18)26-12-19-23-24-21(28-19)16-6-3-4-7-17(16)22/h3-4,6-11H,2,5,12H2,1H3. The Bertz CT molecular complexity index is 1180. The summed E-state index contributed by atoms with van der Waals surface area (Å²) in [6.07, 6.45) is 1.77. The average Bonchev–Trinajstić information content (AvgIpc) is 3.15. The van der Waals surface area contributed by atoms with E-state index in [4.69, 9.17) is 13.6 Å². The highest BCUT2D eigenvalue weighted by molar-refractivity contribution is 9.10. The van der Waals surface area contributed by atoms with Gasteiger partial charge < -0.3 is 13.6 Å². The predicted octanol–water partition coefficient (Wildman–Crippen LogP) is 5.14. The van der Waals surface area contributed by atoms with E-state index in [9.17, 15) is 4.79 Å². The molecule has 0 spiro atoms. The first-order valence-electron chi connectivity index (χ1n) is 8.91. The lowest BCUT2D eigenvalue weighted by molar-refractivity contribution is 0.264. The number of aryl methyl sites for hydroxylation is 1. The maximum atomic E-state index is 11.8. The average molecular weight is 441 g/mol. The summed E-state index contributed by atoms with van der Waals surface area (Å²) in [6.45, 7) is 2.19. The van der Waals surface area contributed by atoms with Crippen molar-refractivity contribution >= 4 is 26.9 Å². The molecule has 0 aliphatic heterocycles. The Morgan fingerprint density at radius 3 is 2.75 bits per heavy atom. The molecule has 0 unspecified atom stereocenters. The lowest BCUT2D eigenvalue weighted by Crippen LogP contribution is -2.01. The number of hydrogen-bond donors (Lipinski definition) is 0. The zero-order valence-corrected chi connectivity index (χ0v) is 16.7. The van der Waals surface area contributed by atoms with Crippen LogP contribution in [0.2, 0.25) is 0 Å². The van der Waals surface area contributed by atoms with Crippen molar-refractivity contribution in [1.82, 2.24) is 10.2 Å². The third-order valence-electron chi connectivity index (χ3n) is 4.25. The van der Waals surface area contributed by atoms with E-state index < -0.39 is 0 Å². The van der Waals surface area contributed by atoms with Crippen molar-refractivity contribution in [2.75, 3.05) is 0 Å². The van der Waals surface area contributed by atoms with Crippen LogP contribution in [0.15, 0.2) is 66.6 Å². The first-order valence-corrected chi connectivity index (χ1v) is 9.70. The van der Waals surface area contributed by atoms with Gasteiger partial charge in [0.1, 0.15) is 11.3 Å². The minimum absolute atomic E-state index is 0.113. The number of rotatable bonds is 6. The van der Waals surface area contributed by atoms with Crippen LogP contribution in [0.1, 0.15) is 24.8 Å². The van der Waals surface area contributed by atoms with Gasteiger partial charge in [0.2, 0.25) is 5.89 Å². The van der Waals surface area contributed by atoms with Crippen molar-refractivity contribution in [3.63, 3.8) is 0 Å². The van der Waals surface area contributed by atoms with Crippen LogP contribution in [0.5, 0.6) is 5.75 Å². The number of benzene rings is 2. The molecular weight excluding hydrogens is 424 g/mol. The largest absolute Gasteiger partial charge is 0.484 e. The second kappa shape index (κ2) is 7.98. The highest BCUT2D eigenvalue weighted by Crippen LogP contribution is 2.27. The SMILES string of the molecule is CCCc1cc(=O)oc2cc(OCc3nnc(-c4ccccc4Br)o3)ccc12. The van der Waals surface area contributed by atoms with E-state index in [1.807, 2.05) is 36.4 Å². The first-order chi connectivity index (χ1) is 13.6. The van der Waals surface area contributed by atoms with Crippen LogP contribution in [-0.2, 0) is 13.0 Å². The Labute approximate surface area is 169 Å². The van der Waals surface area contributed by atoms with Gasteiger partial charge in [-0.1, -0.05) is 25.5 Å². The quantitative estimate of drug-likeness (QED) is 0.386. The van der Waals surface area contributed by atoms with Gasteiger partial charge in [-0.05, 0) is 52.2 Å². The number of hydrogen-bond acceptors (Lipinski definition) is 6. The molecule has 142 valence electrons. The molecule has 4 rings (SSSR count). The third-order valence-corrected chi connectivity index (χ3v) is 4.95. The van der Waals surface area contributed by atoms with Gasteiger partial charge in [-0.25, -0.2) is 4.79 Å². The second-order valence-corrected chi connectivity index (χ2v) is 7.12. The van der Waals surface area contributed by atoms with Crippen LogP contribution in [0.3, 0.4) is 0 Å². The van der Waals surface area contributed by atoms with Crippen molar-refractivity contribution in [2.45, 2.75) is 26.4 Å². The molecule has 0 fully saturated rings. The Morgan fingerprint density at radius 1 is 1.07 bits per heavy atom. The molecule has 6 nitrogen and oxygen atoms in total. The van der Waals surface area contributed by atoms with Gasteiger partial charge in [0.15, 0.2) is 6.61 Å². The number of ether oxygens (including phenoxy) is 1. The smallest absolute Gasteiger partial charge is 0.336 e. The van der Waals surface area contributed by atoms with Crippen molar-refractivity contribution in [2.24, 2.45) is 0 Å². The molecule has 0 saturated heterocycles. The van der Waals surface area contributed by atoms with Crippen LogP contribution < -0.4 is 10.4 Å². The fourth-order valence-electron chi connectivity index (χ4n) is 2.98. The molecule has 0 aliphatic rings. The van der Waals surface area contributed by atoms with Gasteiger partial charge in [-0.3, -0.25) is 0 Å². The van der Waals surface area contributed by atoms with E-state index in [0.717, 1.165) is 33.8 Å². The van der Waals surface area contributed by atoms with E-state index in [1.54, 1.807) is 12.1 Å². The molecule has 7 heteroatoms. The molecule has 2 aromatic heterocycles. The summed E-state index contributed by atoms with van der Waals surface area (Å²) in [5, 5.41) is 9.01. The van der Waals surface area contributed by atoms with Gasteiger partial charge in [-0.15, -0.1) is 10.2 Å². The predicted molar refractivity (Wildman–Crippen MR) is 108 cm³/mol. The molecule has 0 radical (unpaired) electrons. The molecule has 0 saturated carbocycles. The molecule has 0 bridgehead atoms. The molecule has 0 N–H and O–H groups in total. The van der Waals surface area contributed by atoms with Crippen molar-refractivity contribution in [1.29, 1.82) is 0 Å². The summed E-state index contributed by atoms with van der Waals surface area (Å²) in [7, 11) is 0. The monoisotopic (exact) mass is 440 g/mol. The maximum absolute atomic E-state index is 11.8. The number of aromatic nitrogens is 2. The van der Waals surface area contributed by atoms with Crippen LogP contribution >= 0.6 is 15.9 Å². The molecule has 28 heavy (non-hydrogen) atoms. The Hall–Kier alpha value is -2.93. The number of nitrogens with zero attached hydrogens (tertiary/aromatic N) is 2. The van der Waals surface area contributed by atoms with E-state index in [2.05, 4.69) is 33.1 Å². The van der Waals surface area contributed by atoms with Crippen LogP contribution in [0.25, 0.3) is 22.4 Å². The van der Waals surface area contributed by atoms with E-state index in [0.29, 0.717) is 23.1 Å². The van der Waals surface area contributed by atoms with Gasteiger partial charge in [0.25, 0.3) is 5.89 Å². The number of fused-ring (bicyclic) bond motifs is 1. The summed E-state index contributed by atoms with van der Waals surface area (Å²) in [5.41, 5.74) is 1.95. The summed E-state index contributed by atoms with van der Waals surface area (Å²) in [5.74, 6) is 1.33. The van der Waals surface area contributed by atoms with Crippen molar-refractivity contribution in [3.8, 4) is 17.2 Å². The number of halogens is 1. The van der Waals surface area contributed by atoms with Crippen LogP contribution in [0.4, 0.5) is 0 Å². The molecular formula is C21H17BrN2O4. The lowest BCUT2D eigenvalue weighted by atomic mass is 10.1. The highest BCUT2D eigenvalue weighted by Gasteiger charge is 2.12. The van der Waals surface area contributed by atoms with E-state index in [-0.39, 0.29) is 12.2 Å². The Kier molecular flexibility index (Phi) is 5.25. The molecule has 4 aromatic rings. The summed E-state index contributed by atoms with van der Waals surface area (Å²) >= 11 is 3.47. The zero-order valence-electron chi connectivity index (χ0n) is 15.1. The molecule has 0 atom stereocenters. The first kappa shape index (κ1) is 18.4. The van der Waals surface area contributed by atoms with E-state index in [1.165, 1.54) is 0 Å². The highest BCUT2D eigenvalue weighted by atomic mass is 79.9. The topological polar surface area (TPSA) is 78.4 Å². The molecule has 0 aliphatic carbocycles. The Morgan fingerprint density at radius 2 is 1.93 bits per heavy atom.